The molecule has 2 aliphatic rings. The SMILES string of the molecule is O=C1CCCCC1=C(O)C1CC1. The number of aliphatic hydroxyl groups is 1. The standard InChI is InChI=1S/C10H14O2/c11-9-4-2-1-3-8(9)10(12)7-5-6-7/h7,12H,1-6H2. The Balaban J connectivity index is 2.17. The molecule has 0 aromatic rings. The second-order valence-electron chi connectivity index (χ2n) is 3.77. The number of carbonyl (C=O) groups is 1. The summed E-state index contributed by atoms with van der Waals surface area (Å²) >= 11 is 0. The van der Waals surface area contributed by atoms with Crippen LogP contribution < -0.4 is 0 Å². The van der Waals surface area contributed by atoms with Crippen LogP contribution in [0.1, 0.15) is 38.5 Å². The zero-order valence-corrected chi connectivity index (χ0v) is 7.18. The van der Waals surface area contributed by atoms with Gasteiger partial charge in [-0.25, -0.2) is 0 Å². The molecule has 2 heteroatoms. The molecular formula is C10H14O2. The summed E-state index contributed by atoms with van der Waals surface area (Å²) in [5.74, 6) is 0.937. The molecule has 0 radical (unpaired) electrons. The molecule has 2 saturated carbocycles. The van der Waals surface area contributed by atoms with Crippen LogP contribution in [0.2, 0.25) is 0 Å². The predicted molar refractivity (Wildman–Crippen MR) is 45.9 cm³/mol. The van der Waals surface area contributed by atoms with Gasteiger partial charge in [0.15, 0.2) is 5.78 Å². The van der Waals surface area contributed by atoms with Gasteiger partial charge < -0.3 is 5.11 Å². The van der Waals surface area contributed by atoms with Crippen molar-refractivity contribution in [3.05, 3.63) is 11.3 Å². The van der Waals surface area contributed by atoms with Gasteiger partial charge in [0, 0.05) is 17.9 Å². The van der Waals surface area contributed by atoms with E-state index in [1.165, 1.54) is 0 Å². The Morgan fingerprint density at radius 1 is 1.25 bits per heavy atom. The van der Waals surface area contributed by atoms with E-state index in [0.717, 1.165) is 37.7 Å². The van der Waals surface area contributed by atoms with Crippen molar-refractivity contribution in [2.45, 2.75) is 38.5 Å². The van der Waals surface area contributed by atoms with Crippen LogP contribution in [0, 0.1) is 5.92 Å². The molecule has 0 aromatic carbocycles. The Kier molecular flexibility index (Phi) is 1.91. The molecule has 0 unspecified atom stereocenters. The summed E-state index contributed by atoms with van der Waals surface area (Å²) in [5, 5.41) is 9.64. The summed E-state index contributed by atoms with van der Waals surface area (Å²) in [5.41, 5.74) is 0.740. The average Bonchev–Trinajstić information content (AvgIpc) is 2.86. The van der Waals surface area contributed by atoms with Gasteiger partial charge in [-0.2, -0.15) is 0 Å². The highest BCUT2D eigenvalue weighted by Crippen LogP contribution is 2.38. The first-order valence-corrected chi connectivity index (χ1v) is 4.74. The molecule has 0 spiro atoms. The molecule has 0 amide bonds. The Hall–Kier alpha value is -0.790. The van der Waals surface area contributed by atoms with E-state index in [1.807, 2.05) is 0 Å². The van der Waals surface area contributed by atoms with Gasteiger partial charge in [0.1, 0.15) is 5.76 Å². The van der Waals surface area contributed by atoms with E-state index in [9.17, 15) is 9.90 Å². The molecule has 2 fully saturated rings. The van der Waals surface area contributed by atoms with Gasteiger partial charge in [-0.15, -0.1) is 0 Å². The first kappa shape index (κ1) is 7.84. The Morgan fingerprint density at radius 2 is 1.92 bits per heavy atom. The molecule has 0 aromatic heterocycles. The number of Topliss-reactive ketones (excluding diaryl/α,β-unsaturated/α-hetero) is 1. The third-order valence-electron chi connectivity index (χ3n) is 2.69. The number of rotatable bonds is 1. The molecule has 1 N–H and O–H groups in total. The quantitative estimate of drug-likeness (QED) is 0.479. The van der Waals surface area contributed by atoms with Crippen LogP contribution in [-0.2, 0) is 4.79 Å². The van der Waals surface area contributed by atoms with E-state index in [4.69, 9.17) is 0 Å². The van der Waals surface area contributed by atoms with Gasteiger partial charge in [0.25, 0.3) is 0 Å². The maximum Gasteiger partial charge on any atom is 0.162 e. The molecule has 0 bridgehead atoms. The van der Waals surface area contributed by atoms with E-state index in [-0.39, 0.29) is 5.78 Å². The normalized spacial score (nSPS) is 28.8. The Bertz CT molecular complexity index is 236. The van der Waals surface area contributed by atoms with Crippen LogP contribution in [0.15, 0.2) is 11.3 Å². The highest BCUT2D eigenvalue weighted by Gasteiger charge is 2.31. The number of hydrogen-bond acceptors (Lipinski definition) is 2. The average molecular weight is 166 g/mol. The fourth-order valence-electron chi connectivity index (χ4n) is 1.75. The second-order valence-corrected chi connectivity index (χ2v) is 3.77. The van der Waals surface area contributed by atoms with Crippen molar-refractivity contribution in [1.29, 1.82) is 0 Å². The lowest BCUT2D eigenvalue weighted by atomic mass is 9.92. The van der Waals surface area contributed by atoms with Crippen LogP contribution in [0.3, 0.4) is 0 Å². The fraction of sp³-hybridized carbons (Fsp3) is 0.700. The van der Waals surface area contributed by atoms with Gasteiger partial charge >= 0.3 is 0 Å². The van der Waals surface area contributed by atoms with Crippen molar-refractivity contribution in [3.63, 3.8) is 0 Å². The van der Waals surface area contributed by atoms with Crippen LogP contribution in [-0.4, -0.2) is 10.9 Å². The van der Waals surface area contributed by atoms with Gasteiger partial charge in [-0.05, 0) is 32.1 Å². The van der Waals surface area contributed by atoms with Gasteiger partial charge in [-0.1, -0.05) is 0 Å². The van der Waals surface area contributed by atoms with Crippen molar-refractivity contribution in [1.82, 2.24) is 0 Å². The van der Waals surface area contributed by atoms with Gasteiger partial charge in [-0.3, -0.25) is 4.79 Å². The smallest absolute Gasteiger partial charge is 0.162 e. The second kappa shape index (κ2) is 2.92. The lowest BCUT2D eigenvalue weighted by Gasteiger charge is -2.14. The van der Waals surface area contributed by atoms with Crippen LogP contribution in [0.25, 0.3) is 0 Å². The van der Waals surface area contributed by atoms with E-state index in [1.54, 1.807) is 0 Å². The minimum Gasteiger partial charge on any atom is -0.512 e. The number of ketones is 1. The minimum absolute atomic E-state index is 0.186. The van der Waals surface area contributed by atoms with Gasteiger partial charge in [0.2, 0.25) is 0 Å². The summed E-state index contributed by atoms with van der Waals surface area (Å²) < 4.78 is 0. The summed E-state index contributed by atoms with van der Waals surface area (Å²) in [6, 6.07) is 0. The molecule has 12 heavy (non-hydrogen) atoms. The molecule has 0 atom stereocenters. The monoisotopic (exact) mass is 166 g/mol. The summed E-state index contributed by atoms with van der Waals surface area (Å²) in [6.45, 7) is 0. The number of allylic oxidation sites excluding steroid dienone is 2. The van der Waals surface area contributed by atoms with E-state index < -0.39 is 0 Å². The number of aliphatic hydroxyl groups excluding tert-OH is 1. The summed E-state index contributed by atoms with van der Waals surface area (Å²) in [7, 11) is 0. The van der Waals surface area contributed by atoms with Crippen LogP contribution in [0.5, 0.6) is 0 Å². The molecular weight excluding hydrogens is 152 g/mol. The maximum absolute atomic E-state index is 11.4. The van der Waals surface area contributed by atoms with Crippen LogP contribution in [0.4, 0.5) is 0 Å². The van der Waals surface area contributed by atoms with Gasteiger partial charge in [0.05, 0.1) is 0 Å². The summed E-state index contributed by atoms with van der Waals surface area (Å²) in [6.07, 6.45) is 5.66. The van der Waals surface area contributed by atoms with E-state index in [0.29, 0.717) is 18.1 Å². The van der Waals surface area contributed by atoms with E-state index >= 15 is 0 Å². The largest absolute Gasteiger partial charge is 0.512 e. The number of hydrogen-bond donors (Lipinski definition) is 1. The fourth-order valence-corrected chi connectivity index (χ4v) is 1.75. The first-order chi connectivity index (χ1) is 5.79. The lowest BCUT2D eigenvalue weighted by molar-refractivity contribution is -0.116. The highest BCUT2D eigenvalue weighted by atomic mass is 16.3. The van der Waals surface area contributed by atoms with Crippen molar-refractivity contribution in [3.8, 4) is 0 Å². The van der Waals surface area contributed by atoms with Crippen molar-refractivity contribution < 1.29 is 9.90 Å². The molecule has 2 nitrogen and oxygen atoms in total. The molecule has 66 valence electrons. The van der Waals surface area contributed by atoms with Crippen molar-refractivity contribution in [2.75, 3.05) is 0 Å². The zero-order chi connectivity index (χ0) is 8.55. The molecule has 0 saturated heterocycles. The third kappa shape index (κ3) is 1.38. The number of carbonyl (C=O) groups excluding carboxylic acids is 1. The molecule has 0 heterocycles. The first-order valence-electron chi connectivity index (χ1n) is 4.74. The van der Waals surface area contributed by atoms with E-state index in [2.05, 4.69) is 0 Å². The van der Waals surface area contributed by atoms with Crippen LogP contribution >= 0.6 is 0 Å². The molecule has 2 aliphatic carbocycles. The predicted octanol–water partition coefficient (Wildman–Crippen LogP) is 2.35. The lowest BCUT2D eigenvalue weighted by Crippen LogP contribution is -2.11. The van der Waals surface area contributed by atoms with Crippen molar-refractivity contribution in [2.24, 2.45) is 5.92 Å². The van der Waals surface area contributed by atoms with Crippen molar-refractivity contribution >= 4 is 5.78 Å². The Morgan fingerprint density at radius 3 is 2.50 bits per heavy atom. The maximum atomic E-state index is 11.4. The molecule has 0 aliphatic heterocycles. The highest BCUT2D eigenvalue weighted by molar-refractivity contribution is 5.96. The molecule has 2 rings (SSSR count). The zero-order valence-electron chi connectivity index (χ0n) is 7.18. The Labute approximate surface area is 72.3 Å². The summed E-state index contributed by atoms with van der Waals surface area (Å²) in [4.78, 5) is 11.4. The topological polar surface area (TPSA) is 37.3 Å². The third-order valence-corrected chi connectivity index (χ3v) is 2.69. The minimum atomic E-state index is 0.186.